The summed E-state index contributed by atoms with van der Waals surface area (Å²) in [5.41, 5.74) is 10.1. The van der Waals surface area contributed by atoms with Gasteiger partial charge in [-0.1, -0.05) is 17.7 Å². The molecule has 0 aliphatic carbocycles. The smallest absolute Gasteiger partial charge is 0.228 e. The van der Waals surface area contributed by atoms with E-state index < -0.39 is 0 Å². The number of benzene rings is 1. The predicted molar refractivity (Wildman–Crippen MR) is 72.3 cm³/mol. The first-order valence-corrected chi connectivity index (χ1v) is 5.93. The number of aryl methyl sites for hydroxylation is 3. The van der Waals surface area contributed by atoms with Crippen LogP contribution in [0.2, 0.25) is 0 Å². The van der Waals surface area contributed by atoms with Crippen LogP contribution in [-0.4, -0.2) is 19.0 Å². The molecule has 0 heterocycles. The van der Waals surface area contributed by atoms with Gasteiger partial charge in [-0.25, -0.2) is 0 Å². The number of amides is 1. The van der Waals surface area contributed by atoms with Crippen molar-refractivity contribution in [3.63, 3.8) is 0 Å². The molecule has 0 saturated heterocycles. The molecule has 0 aliphatic heterocycles. The lowest BCUT2D eigenvalue weighted by molar-refractivity contribution is -0.118. The van der Waals surface area contributed by atoms with Gasteiger partial charge in [-0.3, -0.25) is 4.79 Å². The van der Waals surface area contributed by atoms with Gasteiger partial charge < -0.3 is 10.6 Å². The van der Waals surface area contributed by atoms with E-state index in [1.54, 1.807) is 4.90 Å². The fraction of sp³-hybridized carbons (Fsp3) is 0.500. The highest BCUT2D eigenvalue weighted by atomic mass is 16.2. The zero-order chi connectivity index (χ0) is 13.2. The summed E-state index contributed by atoms with van der Waals surface area (Å²) in [5.74, 6) is 0.0649. The average Bonchev–Trinajstić information content (AvgIpc) is 2.14. The fourth-order valence-electron chi connectivity index (χ4n) is 2.24. The van der Waals surface area contributed by atoms with Crippen molar-refractivity contribution in [2.45, 2.75) is 40.2 Å². The monoisotopic (exact) mass is 234 g/mol. The van der Waals surface area contributed by atoms with Crippen molar-refractivity contribution < 1.29 is 4.79 Å². The van der Waals surface area contributed by atoms with E-state index in [9.17, 15) is 4.79 Å². The van der Waals surface area contributed by atoms with Gasteiger partial charge in [0.25, 0.3) is 0 Å². The summed E-state index contributed by atoms with van der Waals surface area (Å²) in [6, 6.07) is 4.09. The van der Waals surface area contributed by atoms with Gasteiger partial charge in [0.1, 0.15) is 0 Å². The van der Waals surface area contributed by atoms with E-state index in [-0.39, 0.29) is 11.9 Å². The molecule has 1 atom stereocenters. The lowest BCUT2D eigenvalue weighted by Gasteiger charge is -2.23. The Morgan fingerprint density at radius 3 is 2.18 bits per heavy atom. The van der Waals surface area contributed by atoms with E-state index in [2.05, 4.69) is 19.1 Å². The normalized spacial score (nSPS) is 12.4. The van der Waals surface area contributed by atoms with Crippen LogP contribution in [0.4, 0.5) is 5.69 Å². The van der Waals surface area contributed by atoms with E-state index in [1.807, 2.05) is 27.8 Å². The quantitative estimate of drug-likeness (QED) is 0.872. The molecule has 1 aromatic carbocycles. The summed E-state index contributed by atoms with van der Waals surface area (Å²) in [6.45, 7) is 7.98. The molecule has 3 heteroatoms. The highest BCUT2D eigenvalue weighted by molar-refractivity contribution is 5.94. The van der Waals surface area contributed by atoms with Gasteiger partial charge in [-0.05, 0) is 38.8 Å². The Morgan fingerprint density at radius 1 is 1.29 bits per heavy atom. The molecule has 0 saturated carbocycles. The Balaban J connectivity index is 3.04. The number of nitrogens with zero attached hydrogens (tertiary/aromatic N) is 1. The van der Waals surface area contributed by atoms with E-state index in [1.165, 1.54) is 5.56 Å². The zero-order valence-corrected chi connectivity index (χ0v) is 11.4. The van der Waals surface area contributed by atoms with E-state index >= 15 is 0 Å². The molecule has 3 nitrogen and oxygen atoms in total. The lowest BCUT2D eigenvalue weighted by atomic mass is 10.0. The predicted octanol–water partition coefficient (Wildman–Crippen LogP) is 2.31. The van der Waals surface area contributed by atoms with Crippen molar-refractivity contribution in [2.75, 3.05) is 11.9 Å². The van der Waals surface area contributed by atoms with Crippen molar-refractivity contribution >= 4 is 11.6 Å². The molecule has 1 aromatic rings. The average molecular weight is 234 g/mol. The summed E-state index contributed by atoms with van der Waals surface area (Å²) in [6.07, 6.45) is 0.378. The number of hydrogen-bond donors (Lipinski definition) is 1. The number of carbonyl (C=O) groups excluding carboxylic acids is 1. The summed E-state index contributed by atoms with van der Waals surface area (Å²) in [7, 11) is 1.81. The lowest BCUT2D eigenvalue weighted by Crippen LogP contribution is -2.32. The molecule has 0 aromatic heterocycles. The molecule has 1 unspecified atom stereocenters. The molecule has 17 heavy (non-hydrogen) atoms. The maximum absolute atomic E-state index is 12.0. The third-order valence-electron chi connectivity index (χ3n) is 2.84. The van der Waals surface area contributed by atoms with Gasteiger partial charge >= 0.3 is 0 Å². The van der Waals surface area contributed by atoms with Crippen molar-refractivity contribution in [2.24, 2.45) is 5.73 Å². The number of rotatable bonds is 3. The second kappa shape index (κ2) is 5.32. The van der Waals surface area contributed by atoms with Crippen LogP contribution in [0.5, 0.6) is 0 Å². The maximum atomic E-state index is 12.0. The van der Waals surface area contributed by atoms with Crippen LogP contribution in [-0.2, 0) is 4.79 Å². The van der Waals surface area contributed by atoms with Crippen molar-refractivity contribution in [1.29, 1.82) is 0 Å². The van der Waals surface area contributed by atoms with E-state index in [0.29, 0.717) is 6.42 Å². The standard InChI is InChI=1S/C14H22N2O/c1-9-6-10(2)14(11(3)7-9)16(5)13(17)8-12(4)15/h6-7,12H,8,15H2,1-5H3. The largest absolute Gasteiger partial charge is 0.327 e. The highest BCUT2D eigenvalue weighted by Gasteiger charge is 2.16. The van der Waals surface area contributed by atoms with Gasteiger partial charge in [0.2, 0.25) is 5.91 Å². The summed E-state index contributed by atoms with van der Waals surface area (Å²) in [4.78, 5) is 13.7. The molecule has 0 radical (unpaired) electrons. The molecule has 0 bridgehead atoms. The van der Waals surface area contributed by atoms with Crippen LogP contribution >= 0.6 is 0 Å². The van der Waals surface area contributed by atoms with Gasteiger partial charge in [-0.15, -0.1) is 0 Å². The number of hydrogen-bond acceptors (Lipinski definition) is 2. The molecule has 94 valence electrons. The minimum absolute atomic E-state index is 0.0649. The van der Waals surface area contributed by atoms with Crippen LogP contribution in [0.25, 0.3) is 0 Å². The second-order valence-corrected chi connectivity index (χ2v) is 4.88. The Bertz CT molecular complexity index is 401. The van der Waals surface area contributed by atoms with Crippen molar-refractivity contribution in [3.8, 4) is 0 Å². The van der Waals surface area contributed by atoms with Crippen LogP contribution in [0.1, 0.15) is 30.0 Å². The fourth-order valence-corrected chi connectivity index (χ4v) is 2.24. The Kier molecular flexibility index (Phi) is 4.29. The van der Waals surface area contributed by atoms with E-state index in [4.69, 9.17) is 5.73 Å². The summed E-state index contributed by atoms with van der Waals surface area (Å²) < 4.78 is 0. The Labute approximate surface area is 104 Å². The first kappa shape index (κ1) is 13.7. The molecule has 0 fully saturated rings. The molecular weight excluding hydrogens is 212 g/mol. The third kappa shape index (κ3) is 3.30. The first-order chi connectivity index (χ1) is 7.82. The SMILES string of the molecule is Cc1cc(C)c(N(C)C(=O)CC(C)N)c(C)c1. The molecule has 0 aliphatic rings. The van der Waals surface area contributed by atoms with Crippen LogP contribution in [0.15, 0.2) is 12.1 Å². The minimum atomic E-state index is -0.101. The maximum Gasteiger partial charge on any atom is 0.228 e. The van der Waals surface area contributed by atoms with Gasteiger partial charge in [0.05, 0.1) is 0 Å². The highest BCUT2D eigenvalue weighted by Crippen LogP contribution is 2.25. The molecule has 2 N–H and O–H groups in total. The molecule has 0 spiro atoms. The van der Waals surface area contributed by atoms with Crippen LogP contribution in [0.3, 0.4) is 0 Å². The van der Waals surface area contributed by atoms with Crippen LogP contribution < -0.4 is 10.6 Å². The number of carbonyl (C=O) groups is 1. The van der Waals surface area contributed by atoms with Crippen LogP contribution in [0, 0.1) is 20.8 Å². The molecular formula is C14H22N2O. The Morgan fingerprint density at radius 2 is 1.76 bits per heavy atom. The van der Waals surface area contributed by atoms with Crippen molar-refractivity contribution in [3.05, 3.63) is 28.8 Å². The third-order valence-corrected chi connectivity index (χ3v) is 2.84. The zero-order valence-electron chi connectivity index (χ0n) is 11.4. The first-order valence-electron chi connectivity index (χ1n) is 5.93. The summed E-state index contributed by atoms with van der Waals surface area (Å²) >= 11 is 0. The second-order valence-electron chi connectivity index (χ2n) is 4.88. The summed E-state index contributed by atoms with van der Waals surface area (Å²) in [5, 5.41) is 0. The van der Waals surface area contributed by atoms with Gasteiger partial charge in [-0.2, -0.15) is 0 Å². The molecule has 1 rings (SSSR count). The van der Waals surface area contributed by atoms with E-state index in [0.717, 1.165) is 16.8 Å². The Hall–Kier alpha value is -1.35. The van der Waals surface area contributed by atoms with Gasteiger partial charge in [0, 0.05) is 25.2 Å². The number of anilines is 1. The number of nitrogens with two attached hydrogens (primary N) is 1. The topological polar surface area (TPSA) is 46.3 Å². The molecule has 1 amide bonds. The minimum Gasteiger partial charge on any atom is -0.327 e. The van der Waals surface area contributed by atoms with Gasteiger partial charge in [0.15, 0.2) is 0 Å². The van der Waals surface area contributed by atoms with Crippen molar-refractivity contribution in [1.82, 2.24) is 0 Å².